The Kier molecular flexibility index (Phi) is 6.49. The molecule has 5 nitrogen and oxygen atoms in total. The molecule has 26 heavy (non-hydrogen) atoms. The van der Waals surface area contributed by atoms with E-state index in [0.717, 1.165) is 34.8 Å². The second kappa shape index (κ2) is 9.24. The van der Waals surface area contributed by atoms with Crippen LogP contribution in [-0.4, -0.2) is 22.6 Å². The van der Waals surface area contributed by atoms with E-state index >= 15 is 0 Å². The highest BCUT2D eigenvalue weighted by atomic mass is 32.1. The predicted octanol–water partition coefficient (Wildman–Crippen LogP) is 3.19. The quantitative estimate of drug-likeness (QED) is 0.325. The van der Waals surface area contributed by atoms with E-state index in [2.05, 4.69) is 34.6 Å². The molecular formula is C20H21N3O2S. The summed E-state index contributed by atoms with van der Waals surface area (Å²) in [5.74, 6) is -0.398. The molecule has 0 aliphatic heterocycles. The summed E-state index contributed by atoms with van der Waals surface area (Å²) in [6.07, 6.45) is 4.83. The van der Waals surface area contributed by atoms with Crippen LogP contribution < -0.4 is 10.8 Å². The number of nitrogens with zero attached hydrogens (tertiary/aromatic N) is 1. The van der Waals surface area contributed by atoms with Gasteiger partial charge in [-0.25, -0.2) is 5.48 Å². The zero-order valence-corrected chi connectivity index (χ0v) is 15.1. The van der Waals surface area contributed by atoms with Crippen LogP contribution in [0.2, 0.25) is 0 Å². The Morgan fingerprint density at radius 3 is 2.81 bits per heavy atom. The number of pyridine rings is 1. The van der Waals surface area contributed by atoms with Crippen LogP contribution in [-0.2, 0) is 24.2 Å². The molecule has 3 rings (SSSR count). The lowest BCUT2D eigenvalue weighted by Crippen LogP contribution is -2.20. The molecule has 0 atom stereocenters. The van der Waals surface area contributed by atoms with Crippen LogP contribution in [0.3, 0.4) is 0 Å². The fourth-order valence-electron chi connectivity index (χ4n) is 2.67. The number of hydrogen-bond acceptors (Lipinski definition) is 5. The molecule has 0 unspecified atom stereocenters. The average Bonchev–Trinajstić information content (AvgIpc) is 3.15. The molecule has 1 amide bonds. The van der Waals surface area contributed by atoms with E-state index in [1.54, 1.807) is 23.0 Å². The van der Waals surface area contributed by atoms with Crippen molar-refractivity contribution >= 4 is 17.2 Å². The minimum Gasteiger partial charge on any atom is -0.312 e. The fourth-order valence-corrected chi connectivity index (χ4v) is 3.67. The summed E-state index contributed by atoms with van der Waals surface area (Å²) in [6, 6.07) is 16.4. The number of carbonyl (C=O) groups is 1. The molecule has 0 saturated carbocycles. The van der Waals surface area contributed by atoms with Gasteiger partial charge in [0.2, 0.25) is 5.91 Å². The molecular weight excluding hydrogens is 346 g/mol. The molecule has 134 valence electrons. The zero-order valence-electron chi connectivity index (χ0n) is 14.3. The van der Waals surface area contributed by atoms with E-state index in [4.69, 9.17) is 5.21 Å². The van der Waals surface area contributed by atoms with Crippen molar-refractivity contribution in [1.82, 2.24) is 15.8 Å². The van der Waals surface area contributed by atoms with Gasteiger partial charge in [-0.1, -0.05) is 24.3 Å². The first kappa shape index (κ1) is 18.3. The minimum atomic E-state index is -0.398. The molecule has 1 aromatic carbocycles. The molecule has 3 N–H and O–H groups in total. The van der Waals surface area contributed by atoms with Crippen molar-refractivity contribution in [1.29, 1.82) is 0 Å². The summed E-state index contributed by atoms with van der Waals surface area (Å²) >= 11 is 1.56. The van der Waals surface area contributed by atoms with Crippen molar-refractivity contribution in [3.63, 3.8) is 0 Å². The summed E-state index contributed by atoms with van der Waals surface area (Å²) in [6.45, 7) is 1.70. The van der Waals surface area contributed by atoms with Crippen molar-refractivity contribution in [3.8, 4) is 10.4 Å². The lowest BCUT2D eigenvalue weighted by atomic mass is 10.1. The third kappa shape index (κ3) is 5.23. The van der Waals surface area contributed by atoms with E-state index in [9.17, 15) is 4.79 Å². The highest BCUT2D eigenvalue weighted by Crippen LogP contribution is 2.29. The van der Waals surface area contributed by atoms with Crippen LogP contribution in [0.1, 0.15) is 16.0 Å². The van der Waals surface area contributed by atoms with Crippen molar-refractivity contribution in [2.45, 2.75) is 19.4 Å². The molecule has 6 heteroatoms. The van der Waals surface area contributed by atoms with E-state index in [0.29, 0.717) is 0 Å². The lowest BCUT2D eigenvalue weighted by Gasteiger charge is -2.07. The summed E-state index contributed by atoms with van der Waals surface area (Å²) in [4.78, 5) is 17.4. The largest absolute Gasteiger partial charge is 0.312 e. The first-order valence-electron chi connectivity index (χ1n) is 8.45. The van der Waals surface area contributed by atoms with Crippen LogP contribution in [0.4, 0.5) is 0 Å². The van der Waals surface area contributed by atoms with Gasteiger partial charge in [-0.05, 0) is 53.9 Å². The maximum atomic E-state index is 11.3. The Morgan fingerprint density at radius 2 is 2.00 bits per heavy atom. The summed E-state index contributed by atoms with van der Waals surface area (Å²) in [5.41, 5.74) is 5.25. The van der Waals surface area contributed by atoms with Crippen LogP contribution in [0, 0.1) is 0 Å². The standard InChI is InChI=1S/C20H21N3O2S/c24-20(23-25)12-18-6-7-19(26-18)17-5-1-3-16(11-17)14-22-10-8-15-4-2-9-21-13-15/h1-7,9,11,13,22,25H,8,10,12,14H2,(H,23,24). The van der Waals surface area contributed by atoms with Crippen LogP contribution >= 0.6 is 11.3 Å². The second-order valence-electron chi connectivity index (χ2n) is 5.97. The molecule has 0 bridgehead atoms. The Bertz CT molecular complexity index is 849. The first-order valence-corrected chi connectivity index (χ1v) is 9.27. The molecule has 0 aliphatic rings. The number of carbonyl (C=O) groups excluding carboxylic acids is 1. The Balaban J connectivity index is 1.55. The maximum absolute atomic E-state index is 11.3. The Labute approximate surface area is 156 Å². The van der Waals surface area contributed by atoms with Gasteiger partial charge in [-0.2, -0.15) is 0 Å². The Morgan fingerprint density at radius 1 is 1.12 bits per heavy atom. The SMILES string of the molecule is O=C(Cc1ccc(-c2cccc(CNCCc3cccnc3)c2)s1)NO. The molecule has 0 radical (unpaired) electrons. The summed E-state index contributed by atoms with van der Waals surface area (Å²) in [7, 11) is 0. The monoisotopic (exact) mass is 367 g/mol. The highest BCUT2D eigenvalue weighted by molar-refractivity contribution is 7.15. The number of thiophene rings is 1. The van der Waals surface area contributed by atoms with E-state index in [-0.39, 0.29) is 6.42 Å². The zero-order chi connectivity index (χ0) is 18.2. The summed E-state index contributed by atoms with van der Waals surface area (Å²) < 4.78 is 0. The predicted molar refractivity (Wildman–Crippen MR) is 103 cm³/mol. The normalized spacial score (nSPS) is 10.7. The van der Waals surface area contributed by atoms with E-state index < -0.39 is 5.91 Å². The Hall–Kier alpha value is -2.54. The van der Waals surface area contributed by atoms with Crippen LogP contribution in [0.15, 0.2) is 60.9 Å². The lowest BCUT2D eigenvalue weighted by molar-refractivity contribution is -0.128. The highest BCUT2D eigenvalue weighted by Gasteiger charge is 2.07. The molecule has 0 spiro atoms. The average molecular weight is 367 g/mol. The van der Waals surface area contributed by atoms with Crippen molar-refractivity contribution in [2.24, 2.45) is 0 Å². The van der Waals surface area contributed by atoms with Gasteiger partial charge >= 0.3 is 0 Å². The van der Waals surface area contributed by atoms with Crippen molar-refractivity contribution < 1.29 is 10.0 Å². The smallest absolute Gasteiger partial charge is 0.248 e. The molecule has 0 fully saturated rings. The third-order valence-corrected chi connectivity index (χ3v) is 5.11. The van der Waals surface area contributed by atoms with Gasteiger partial charge in [0.05, 0.1) is 6.42 Å². The molecule has 3 aromatic rings. The van der Waals surface area contributed by atoms with Gasteiger partial charge in [0.15, 0.2) is 0 Å². The van der Waals surface area contributed by atoms with Gasteiger partial charge in [0.25, 0.3) is 0 Å². The van der Waals surface area contributed by atoms with Crippen molar-refractivity contribution in [3.05, 3.63) is 76.9 Å². The summed E-state index contributed by atoms with van der Waals surface area (Å²) in [5, 5.41) is 12.1. The first-order chi connectivity index (χ1) is 12.7. The molecule has 0 aliphatic carbocycles. The number of benzene rings is 1. The number of nitrogens with one attached hydrogen (secondary N) is 2. The number of aromatic nitrogens is 1. The number of rotatable bonds is 8. The second-order valence-corrected chi connectivity index (χ2v) is 7.13. The molecule has 2 heterocycles. The van der Waals surface area contributed by atoms with Gasteiger partial charge < -0.3 is 5.32 Å². The number of hydrogen-bond donors (Lipinski definition) is 3. The fraction of sp³-hybridized carbons (Fsp3) is 0.200. The topological polar surface area (TPSA) is 74.2 Å². The number of hydroxylamine groups is 1. The van der Waals surface area contributed by atoms with Gasteiger partial charge in [-0.15, -0.1) is 11.3 Å². The van der Waals surface area contributed by atoms with Gasteiger partial charge in [0, 0.05) is 28.7 Å². The minimum absolute atomic E-state index is 0.191. The van der Waals surface area contributed by atoms with E-state index in [1.165, 1.54) is 11.1 Å². The van der Waals surface area contributed by atoms with Crippen molar-refractivity contribution in [2.75, 3.05) is 6.54 Å². The third-order valence-electron chi connectivity index (χ3n) is 3.98. The van der Waals surface area contributed by atoms with E-state index in [1.807, 2.05) is 30.5 Å². The molecule has 2 aromatic heterocycles. The van der Waals surface area contributed by atoms with Gasteiger partial charge in [-0.3, -0.25) is 15.0 Å². The number of amides is 1. The van der Waals surface area contributed by atoms with Crippen LogP contribution in [0.5, 0.6) is 0 Å². The molecule has 0 saturated heterocycles. The maximum Gasteiger partial charge on any atom is 0.248 e. The van der Waals surface area contributed by atoms with Crippen LogP contribution in [0.25, 0.3) is 10.4 Å². The van der Waals surface area contributed by atoms with Gasteiger partial charge in [0.1, 0.15) is 0 Å².